The van der Waals surface area contributed by atoms with Gasteiger partial charge in [-0.05, 0) is 19.1 Å². The van der Waals surface area contributed by atoms with Crippen LogP contribution < -0.4 is 5.73 Å². The molecular weight excluding hydrogens is 256 g/mol. The zero-order chi connectivity index (χ0) is 10.9. The van der Waals surface area contributed by atoms with Crippen LogP contribution in [0.4, 0.5) is 8.78 Å². The quantitative estimate of drug-likeness (QED) is 0.858. The van der Waals surface area contributed by atoms with E-state index in [1.165, 1.54) is 6.92 Å². The Morgan fingerprint density at radius 2 is 1.86 bits per heavy atom. The summed E-state index contributed by atoms with van der Waals surface area (Å²) in [5.74, 6) is -1.54. The van der Waals surface area contributed by atoms with Crippen molar-refractivity contribution in [2.24, 2.45) is 5.73 Å². The van der Waals surface area contributed by atoms with Gasteiger partial charge >= 0.3 is 0 Å². The molecule has 0 aliphatic heterocycles. The van der Waals surface area contributed by atoms with Crippen LogP contribution in [0.2, 0.25) is 0 Å². The molecule has 0 saturated carbocycles. The Kier molecular flexibility index (Phi) is 3.24. The van der Waals surface area contributed by atoms with Gasteiger partial charge in [0.2, 0.25) is 0 Å². The Labute approximate surface area is 88.9 Å². The summed E-state index contributed by atoms with van der Waals surface area (Å²) in [6.45, 7) is 0.838. The van der Waals surface area contributed by atoms with Gasteiger partial charge in [0.25, 0.3) is 0 Å². The number of benzene rings is 1. The Bertz CT molecular complexity index is 332. The van der Waals surface area contributed by atoms with Gasteiger partial charge in [0.05, 0.1) is 12.1 Å². The molecule has 1 rings (SSSR count). The second-order valence-electron chi connectivity index (χ2n) is 3.32. The summed E-state index contributed by atoms with van der Waals surface area (Å²) >= 11 is 2.95. The van der Waals surface area contributed by atoms with Crippen LogP contribution in [-0.2, 0) is 5.54 Å². The maximum Gasteiger partial charge on any atom is 0.132 e. The Morgan fingerprint density at radius 1 is 1.43 bits per heavy atom. The van der Waals surface area contributed by atoms with Gasteiger partial charge in [-0.25, -0.2) is 8.78 Å². The lowest BCUT2D eigenvalue weighted by atomic mass is 9.93. The summed E-state index contributed by atoms with van der Waals surface area (Å²) in [6, 6.07) is 2.22. The van der Waals surface area contributed by atoms with Gasteiger partial charge in [0, 0.05) is 10.0 Å². The normalized spacial score (nSPS) is 15.3. The van der Waals surface area contributed by atoms with E-state index in [1.54, 1.807) is 0 Å². The predicted octanol–water partition coefficient (Wildman–Crippen LogP) is 1.89. The maximum atomic E-state index is 13.3. The molecule has 1 unspecified atom stereocenters. The Hall–Kier alpha value is -0.520. The van der Waals surface area contributed by atoms with Gasteiger partial charge in [0.15, 0.2) is 0 Å². The molecule has 2 nitrogen and oxygen atoms in total. The lowest BCUT2D eigenvalue weighted by Crippen LogP contribution is -2.38. The van der Waals surface area contributed by atoms with E-state index in [4.69, 9.17) is 10.8 Å². The van der Waals surface area contributed by atoms with E-state index in [9.17, 15) is 8.78 Å². The van der Waals surface area contributed by atoms with Crippen molar-refractivity contribution >= 4 is 15.9 Å². The Balaban J connectivity index is 3.35. The first-order chi connectivity index (χ1) is 6.38. The van der Waals surface area contributed by atoms with Gasteiger partial charge in [-0.15, -0.1) is 0 Å². The lowest BCUT2D eigenvalue weighted by molar-refractivity contribution is 0.202. The highest BCUT2D eigenvalue weighted by atomic mass is 79.9. The van der Waals surface area contributed by atoms with Crippen molar-refractivity contribution in [3.05, 3.63) is 33.8 Å². The summed E-state index contributed by atoms with van der Waals surface area (Å²) in [4.78, 5) is 0. The van der Waals surface area contributed by atoms with Gasteiger partial charge < -0.3 is 10.8 Å². The van der Waals surface area contributed by atoms with Gasteiger partial charge in [0.1, 0.15) is 11.6 Å². The van der Waals surface area contributed by atoms with E-state index in [1.807, 2.05) is 0 Å². The van der Waals surface area contributed by atoms with Gasteiger partial charge in [-0.2, -0.15) is 0 Å². The number of aliphatic hydroxyl groups excluding tert-OH is 1. The SMILES string of the molecule is CC(N)(CO)c1c(F)cc(Br)cc1F. The molecule has 3 N–H and O–H groups in total. The first kappa shape index (κ1) is 11.6. The first-order valence-corrected chi connectivity index (χ1v) is 4.72. The lowest BCUT2D eigenvalue weighted by Gasteiger charge is -2.23. The standard InChI is InChI=1S/C9H10BrF2NO/c1-9(13,4-14)8-6(11)2-5(10)3-7(8)12/h2-3,14H,4,13H2,1H3. The summed E-state index contributed by atoms with van der Waals surface area (Å²) in [5, 5.41) is 8.90. The molecule has 1 aromatic carbocycles. The minimum atomic E-state index is -1.41. The molecule has 0 spiro atoms. The minimum Gasteiger partial charge on any atom is -0.394 e. The predicted molar refractivity (Wildman–Crippen MR) is 52.7 cm³/mol. The van der Waals surface area contributed by atoms with Crippen molar-refractivity contribution in [1.82, 2.24) is 0 Å². The molecule has 0 heterocycles. The maximum absolute atomic E-state index is 13.3. The molecular formula is C9H10BrF2NO. The molecule has 14 heavy (non-hydrogen) atoms. The fourth-order valence-electron chi connectivity index (χ4n) is 1.17. The van der Waals surface area contributed by atoms with Crippen LogP contribution in [0.3, 0.4) is 0 Å². The molecule has 78 valence electrons. The van der Waals surface area contributed by atoms with Crippen molar-refractivity contribution in [1.29, 1.82) is 0 Å². The van der Waals surface area contributed by atoms with E-state index in [2.05, 4.69) is 15.9 Å². The van der Waals surface area contributed by atoms with Crippen LogP contribution in [-0.4, -0.2) is 11.7 Å². The average molecular weight is 266 g/mol. The van der Waals surface area contributed by atoms with E-state index in [-0.39, 0.29) is 5.56 Å². The average Bonchev–Trinajstić information content (AvgIpc) is 2.01. The molecule has 0 amide bonds. The van der Waals surface area contributed by atoms with Crippen LogP contribution in [0, 0.1) is 11.6 Å². The fraction of sp³-hybridized carbons (Fsp3) is 0.333. The van der Waals surface area contributed by atoms with E-state index in [0.717, 1.165) is 12.1 Å². The molecule has 0 fully saturated rings. The highest BCUT2D eigenvalue weighted by molar-refractivity contribution is 9.10. The summed E-state index contributed by atoms with van der Waals surface area (Å²) < 4.78 is 27.0. The van der Waals surface area contributed by atoms with Gasteiger partial charge in [-0.1, -0.05) is 15.9 Å². The van der Waals surface area contributed by atoms with E-state index >= 15 is 0 Å². The summed E-state index contributed by atoms with van der Waals surface area (Å²) in [5.41, 5.74) is 3.83. The highest BCUT2D eigenvalue weighted by Crippen LogP contribution is 2.26. The number of nitrogens with two attached hydrogens (primary N) is 1. The van der Waals surface area contributed by atoms with Crippen molar-refractivity contribution in [3.8, 4) is 0 Å². The van der Waals surface area contributed by atoms with Crippen LogP contribution in [0.1, 0.15) is 12.5 Å². The van der Waals surface area contributed by atoms with E-state index < -0.39 is 23.8 Å². The molecule has 0 saturated heterocycles. The zero-order valence-corrected chi connectivity index (χ0v) is 9.11. The van der Waals surface area contributed by atoms with Crippen LogP contribution in [0.5, 0.6) is 0 Å². The zero-order valence-electron chi connectivity index (χ0n) is 7.52. The fourth-order valence-corrected chi connectivity index (χ4v) is 1.57. The van der Waals surface area contributed by atoms with E-state index in [0.29, 0.717) is 4.47 Å². The molecule has 5 heteroatoms. The summed E-state index contributed by atoms with van der Waals surface area (Å²) in [7, 11) is 0. The summed E-state index contributed by atoms with van der Waals surface area (Å²) in [6.07, 6.45) is 0. The molecule has 0 aromatic heterocycles. The number of hydrogen-bond acceptors (Lipinski definition) is 2. The monoisotopic (exact) mass is 265 g/mol. The number of rotatable bonds is 2. The highest BCUT2D eigenvalue weighted by Gasteiger charge is 2.28. The molecule has 0 aliphatic rings. The largest absolute Gasteiger partial charge is 0.394 e. The third-order valence-electron chi connectivity index (χ3n) is 1.91. The topological polar surface area (TPSA) is 46.2 Å². The van der Waals surface area contributed by atoms with Crippen molar-refractivity contribution < 1.29 is 13.9 Å². The van der Waals surface area contributed by atoms with Crippen LogP contribution in [0.25, 0.3) is 0 Å². The molecule has 0 bridgehead atoms. The van der Waals surface area contributed by atoms with Crippen molar-refractivity contribution in [2.45, 2.75) is 12.5 Å². The van der Waals surface area contributed by atoms with Crippen molar-refractivity contribution in [3.63, 3.8) is 0 Å². The van der Waals surface area contributed by atoms with Crippen LogP contribution >= 0.6 is 15.9 Å². The minimum absolute atomic E-state index is 0.296. The first-order valence-electron chi connectivity index (χ1n) is 3.93. The number of hydrogen-bond donors (Lipinski definition) is 2. The second-order valence-corrected chi connectivity index (χ2v) is 4.24. The third-order valence-corrected chi connectivity index (χ3v) is 2.36. The molecule has 1 aromatic rings. The molecule has 0 radical (unpaired) electrons. The number of halogens is 3. The second kappa shape index (κ2) is 3.92. The van der Waals surface area contributed by atoms with Gasteiger partial charge in [-0.3, -0.25) is 0 Å². The Morgan fingerprint density at radius 3 is 2.21 bits per heavy atom. The third kappa shape index (κ3) is 2.10. The van der Waals surface area contributed by atoms with Crippen molar-refractivity contribution in [2.75, 3.05) is 6.61 Å². The number of aliphatic hydroxyl groups is 1. The molecule has 1 atom stereocenters. The van der Waals surface area contributed by atoms with Crippen LogP contribution in [0.15, 0.2) is 16.6 Å². The molecule has 0 aliphatic carbocycles. The smallest absolute Gasteiger partial charge is 0.132 e.